The van der Waals surface area contributed by atoms with Crippen molar-refractivity contribution in [3.8, 4) is 44.8 Å². The van der Waals surface area contributed by atoms with Gasteiger partial charge in [0.25, 0.3) is 0 Å². The van der Waals surface area contributed by atoms with E-state index in [1.165, 1.54) is 76.6 Å². The molecule has 17 aromatic carbocycles. The first-order valence-corrected chi connectivity index (χ1v) is 35.7. The Morgan fingerprint density at radius 3 is 0.990 bits per heavy atom. The second kappa shape index (κ2) is 27.6. The zero-order chi connectivity index (χ0) is 69.3. The van der Waals surface area contributed by atoms with E-state index in [0.717, 1.165) is 89.5 Å². The largest absolute Gasteiger partial charge is 0.310 e. The normalized spacial score (nSPS) is 11.3. The summed E-state index contributed by atoms with van der Waals surface area (Å²) < 4.78 is 4.75. The Hall–Kier alpha value is -13.5. The van der Waals surface area contributed by atoms with E-state index in [4.69, 9.17) is 11.6 Å². The van der Waals surface area contributed by atoms with Crippen LogP contribution in [0.1, 0.15) is 0 Å². The van der Waals surface area contributed by atoms with Crippen LogP contribution in [0.2, 0.25) is 5.02 Å². The Morgan fingerprint density at radius 2 is 0.510 bits per heavy atom. The van der Waals surface area contributed by atoms with Gasteiger partial charge in [-0.25, -0.2) is 0 Å². The molecule has 0 saturated heterocycles. The van der Waals surface area contributed by atoms with E-state index in [1.54, 1.807) is 0 Å². The number of hydrogen-bond donors (Lipinski definition) is 0. The molecule has 0 spiro atoms. The summed E-state index contributed by atoms with van der Waals surface area (Å²) in [6.07, 6.45) is 0. The van der Waals surface area contributed by atoms with Crippen molar-refractivity contribution in [3.05, 3.63) is 418 Å². The van der Waals surface area contributed by atoms with Crippen LogP contribution >= 0.6 is 11.6 Å². The Balaban J connectivity index is 0.000000157. The van der Waals surface area contributed by atoms with Gasteiger partial charge in [-0.2, -0.15) is 0 Å². The number of hydrogen-bond acceptors (Lipinski definition) is 3. The van der Waals surface area contributed by atoms with E-state index in [-0.39, 0.29) is 0 Å². The highest BCUT2D eigenvalue weighted by Crippen LogP contribution is 2.48. The van der Waals surface area contributed by atoms with Crippen molar-refractivity contribution in [3.63, 3.8) is 0 Å². The highest BCUT2D eigenvalue weighted by molar-refractivity contribution is 6.36. The molecule has 19 aromatic rings. The Kier molecular flexibility index (Phi) is 16.7. The molecule has 0 saturated carbocycles. The molecule has 5 nitrogen and oxygen atoms in total. The van der Waals surface area contributed by atoms with Gasteiger partial charge in [0.2, 0.25) is 0 Å². The second-order valence-electron chi connectivity index (χ2n) is 26.1. The standard InChI is InChI=1S/C58H41N3.C40H27ClN2/c1-5-19-42(20-6-1)50-27-15-17-31-55(50)60(45-23-9-3-10-24-45)57-40-39-49(51-28-13-14-29-52(51)57)43-33-35-47(36-34-43)59(44-21-7-2-8-22-44)48-37-38-54-53-30-16-18-32-56(53)61(58(54)41-48)46-25-11-4-12-26-46;41-38-26-25-33(34-15-7-8-16-35(34)38)28-19-21-31(22-20-28)42(29-11-3-1-4-12-29)32-23-24-37-36-17-9-10-18-39(36)43(40(37)27-32)30-13-5-2-6-14-30/h1-41H;1-27H. The number of fused-ring (bicyclic) bond motifs is 8. The molecular weight excluding hydrogens is 1280 g/mol. The molecule has 0 aliphatic rings. The number of halogens is 1. The molecule has 2 aromatic heterocycles. The monoisotopic (exact) mass is 1350 g/mol. The summed E-state index contributed by atoms with van der Waals surface area (Å²) >= 11 is 6.53. The minimum atomic E-state index is 0.773. The summed E-state index contributed by atoms with van der Waals surface area (Å²) in [5.41, 5.74) is 24.0. The minimum Gasteiger partial charge on any atom is -0.310 e. The minimum absolute atomic E-state index is 0.773. The van der Waals surface area contributed by atoms with Crippen LogP contribution in [-0.4, -0.2) is 9.13 Å². The summed E-state index contributed by atoms with van der Waals surface area (Å²) in [7, 11) is 0. The number of nitrogens with zero attached hydrogens (tertiary/aromatic N) is 5. The fourth-order valence-corrected chi connectivity index (χ4v) is 15.5. The van der Waals surface area contributed by atoms with Crippen LogP contribution in [0, 0.1) is 0 Å². The summed E-state index contributed by atoms with van der Waals surface area (Å²) in [5.74, 6) is 0. The topological polar surface area (TPSA) is 19.6 Å². The molecule has 0 radical (unpaired) electrons. The van der Waals surface area contributed by atoms with Crippen LogP contribution < -0.4 is 14.7 Å². The predicted molar refractivity (Wildman–Crippen MR) is 442 cm³/mol. The SMILES string of the molecule is Clc1ccc(-c2ccc(N(c3ccccc3)c3ccc4c5ccccc5n(-c5ccccc5)c4c3)cc2)c2ccccc12.c1ccc(-c2ccccc2N(c2ccccc2)c2ccc(-c3ccc(N(c4ccccc4)c4ccc5c6ccccc6n(-c6ccccc6)c5c4)cc3)c3ccccc23)cc1. The lowest BCUT2D eigenvalue weighted by molar-refractivity contribution is 1.18. The smallest absolute Gasteiger partial charge is 0.0561 e. The highest BCUT2D eigenvalue weighted by Gasteiger charge is 2.24. The Morgan fingerprint density at radius 1 is 0.183 bits per heavy atom. The Labute approximate surface area is 610 Å². The average Bonchev–Trinajstić information content (AvgIpc) is 1.57. The van der Waals surface area contributed by atoms with Crippen LogP contribution in [0.15, 0.2) is 413 Å². The fraction of sp³-hybridized carbons (Fsp3) is 0. The van der Waals surface area contributed by atoms with Gasteiger partial charge in [-0.05, 0) is 178 Å². The maximum Gasteiger partial charge on any atom is 0.0561 e. The lowest BCUT2D eigenvalue weighted by Gasteiger charge is -2.29. The third kappa shape index (κ3) is 11.6. The molecule has 19 rings (SSSR count). The highest BCUT2D eigenvalue weighted by atomic mass is 35.5. The van der Waals surface area contributed by atoms with Crippen molar-refractivity contribution in [2.45, 2.75) is 0 Å². The fourth-order valence-electron chi connectivity index (χ4n) is 15.3. The first-order valence-electron chi connectivity index (χ1n) is 35.3. The molecule has 0 N–H and O–H groups in total. The molecule has 0 amide bonds. The molecule has 0 aliphatic carbocycles. The second-order valence-corrected chi connectivity index (χ2v) is 26.5. The molecule has 0 atom stereocenters. The first-order chi connectivity index (χ1) is 51.6. The van der Waals surface area contributed by atoms with E-state index in [2.05, 4.69) is 424 Å². The van der Waals surface area contributed by atoms with Gasteiger partial charge in [0.05, 0.1) is 33.4 Å². The van der Waals surface area contributed by atoms with E-state index in [1.807, 2.05) is 12.1 Å². The molecule has 104 heavy (non-hydrogen) atoms. The molecule has 2 heterocycles. The summed E-state index contributed by atoms with van der Waals surface area (Å²) in [5, 5.41) is 10.3. The van der Waals surface area contributed by atoms with Crippen LogP contribution in [0.25, 0.3) is 110 Å². The molecular formula is C98H68ClN5. The lowest BCUT2D eigenvalue weighted by Crippen LogP contribution is -2.11. The Bertz CT molecular complexity index is 6280. The number of aromatic nitrogens is 2. The van der Waals surface area contributed by atoms with E-state index < -0.39 is 0 Å². The van der Waals surface area contributed by atoms with Gasteiger partial charge in [-0.3, -0.25) is 0 Å². The van der Waals surface area contributed by atoms with Crippen molar-refractivity contribution >= 4 is 128 Å². The molecule has 0 fully saturated rings. The lowest BCUT2D eigenvalue weighted by atomic mass is 9.95. The summed E-state index contributed by atoms with van der Waals surface area (Å²) in [6.45, 7) is 0. The molecule has 6 heteroatoms. The van der Waals surface area contributed by atoms with Crippen LogP contribution in [-0.2, 0) is 0 Å². The van der Waals surface area contributed by atoms with Crippen LogP contribution in [0.4, 0.5) is 51.2 Å². The van der Waals surface area contributed by atoms with E-state index in [9.17, 15) is 0 Å². The quantitative estimate of drug-likeness (QED) is 0.108. The maximum absolute atomic E-state index is 6.53. The molecule has 0 bridgehead atoms. The van der Waals surface area contributed by atoms with Gasteiger partial charge in [0, 0.05) is 94.1 Å². The number of para-hydroxylation sites is 8. The van der Waals surface area contributed by atoms with Crippen molar-refractivity contribution in [1.82, 2.24) is 9.13 Å². The van der Waals surface area contributed by atoms with Crippen molar-refractivity contribution in [1.29, 1.82) is 0 Å². The van der Waals surface area contributed by atoms with Crippen molar-refractivity contribution in [2.75, 3.05) is 14.7 Å². The molecule has 492 valence electrons. The van der Waals surface area contributed by atoms with Gasteiger partial charge in [-0.1, -0.05) is 285 Å². The van der Waals surface area contributed by atoms with Gasteiger partial charge < -0.3 is 23.8 Å². The average molecular weight is 1350 g/mol. The van der Waals surface area contributed by atoms with Gasteiger partial charge in [-0.15, -0.1) is 0 Å². The maximum atomic E-state index is 6.53. The number of anilines is 9. The van der Waals surface area contributed by atoms with Crippen molar-refractivity contribution in [2.24, 2.45) is 0 Å². The zero-order valence-corrected chi connectivity index (χ0v) is 57.6. The third-order valence-corrected chi connectivity index (χ3v) is 20.3. The van der Waals surface area contributed by atoms with Gasteiger partial charge >= 0.3 is 0 Å². The molecule has 0 aliphatic heterocycles. The summed E-state index contributed by atoms with van der Waals surface area (Å²) in [4.78, 5) is 7.10. The van der Waals surface area contributed by atoms with E-state index in [0.29, 0.717) is 0 Å². The number of rotatable bonds is 14. The van der Waals surface area contributed by atoms with Gasteiger partial charge in [0.1, 0.15) is 0 Å². The predicted octanol–water partition coefficient (Wildman–Crippen LogP) is 27.9. The van der Waals surface area contributed by atoms with Crippen molar-refractivity contribution < 1.29 is 0 Å². The van der Waals surface area contributed by atoms with E-state index >= 15 is 0 Å². The first kappa shape index (κ1) is 62.8. The van der Waals surface area contributed by atoms with Crippen LogP contribution in [0.3, 0.4) is 0 Å². The van der Waals surface area contributed by atoms with Gasteiger partial charge in [0.15, 0.2) is 0 Å². The molecule has 0 unspecified atom stereocenters. The number of benzene rings is 17. The third-order valence-electron chi connectivity index (χ3n) is 20.0. The summed E-state index contributed by atoms with van der Waals surface area (Å²) in [6, 6.07) is 147. The van der Waals surface area contributed by atoms with Crippen LogP contribution in [0.5, 0.6) is 0 Å². The zero-order valence-electron chi connectivity index (χ0n) is 56.9.